The predicted molar refractivity (Wildman–Crippen MR) is 178 cm³/mol. The molecular formula is C35H38N6O3S. The SMILES string of the molecule is CC(C)n1c(=O)n(C)c2cnc3[nH]c(-c4ccc(CN5CCC(S(C)(=O)=O)CC5)cc4)c(-c4ccc(C5(C#N)CC5)cc4)c3c21. The average Bonchev–Trinajstić information content (AvgIpc) is 3.66. The maximum atomic E-state index is 13.4. The molecule has 45 heavy (non-hydrogen) atoms. The number of hydrogen-bond acceptors (Lipinski definition) is 6. The molecule has 0 atom stereocenters. The Balaban J connectivity index is 1.32. The quantitative estimate of drug-likeness (QED) is 0.249. The summed E-state index contributed by atoms with van der Waals surface area (Å²) >= 11 is 0. The number of nitriles is 1. The van der Waals surface area contributed by atoms with E-state index in [0.29, 0.717) is 18.5 Å². The lowest BCUT2D eigenvalue weighted by Crippen LogP contribution is -2.38. The van der Waals surface area contributed by atoms with Crippen LogP contribution in [0.5, 0.6) is 0 Å². The van der Waals surface area contributed by atoms with E-state index in [-0.39, 0.29) is 22.4 Å². The van der Waals surface area contributed by atoms with E-state index in [0.717, 1.165) is 76.8 Å². The van der Waals surface area contributed by atoms with Crippen LogP contribution in [0.2, 0.25) is 0 Å². The number of aryl methyl sites for hydroxylation is 1. The number of likely N-dealkylation sites (tertiary alicyclic amines) is 1. The van der Waals surface area contributed by atoms with Gasteiger partial charge in [0.2, 0.25) is 0 Å². The van der Waals surface area contributed by atoms with E-state index >= 15 is 0 Å². The summed E-state index contributed by atoms with van der Waals surface area (Å²) in [6.07, 6.45) is 6.23. The molecule has 1 aliphatic heterocycles. The molecular weight excluding hydrogens is 584 g/mol. The third kappa shape index (κ3) is 4.99. The number of sulfone groups is 1. The third-order valence-corrected chi connectivity index (χ3v) is 11.5. The number of pyridine rings is 1. The van der Waals surface area contributed by atoms with Gasteiger partial charge in [-0.1, -0.05) is 48.5 Å². The number of piperidine rings is 1. The van der Waals surface area contributed by atoms with Gasteiger partial charge in [0.05, 0.1) is 45.0 Å². The molecule has 232 valence electrons. The summed E-state index contributed by atoms with van der Waals surface area (Å²) in [5, 5.41) is 10.4. The zero-order chi connectivity index (χ0) is 31.7. The summed E-state index contributed by atoms with van der Waals surface area (Å²) in [7, 11) is -1.21. The Morgan fingerprint density at radius 1 is 1.04 bits per heavy atom. The highest BCUT2D eigenvalue weighted by Crippen LogP contribution is 2.48. The smallest absolute Gasteiger partial charge is 0.329 e. The second-order valence-electron chi connectivity index (χ2n) is 13.2. The Labute approximate surface area is 263 Å². The number of rotatable bonds is 7. The second kappa shape index (κ2) is 10.7. The Morgan fingerprint density at radius 2 is 1.69 bits per heavy atom. The van der Waals surface area contributed by atoms with Gasteiger partial charge in [0.1, 0.15) is 15.5 Å². The van der Waals surface area contributed by atoms with Gasteiger partial charge in [-0.3, -0.25) is 14.0 Å². The van der Waals surface area contributed by atoms with E-state index in [2.05, 4.69) is 64.5 Å². The van der Waals surface area contributed by atoms with Gasteiger partial charge in [0.15, 0.2) is 0 Å². The number of hydrogen-bond donors (Lipinski definition) is 1. The molecule has 2 aromatic carbocycles. The lowest BCUT2D eigenvalue weighted by atomic mass is 9.93. The van der Waals surface area contributed by atoms with E-state index in [1.807, 2.05) is 18.4 Å². The van der Waals surface area contributed by atoms with Gasteiger partial charge < -0.3 is 4.98 Å². The summed E-state index contributed by atoms with van der Waals surface area (Å²) in [6.45, 7) is 6.35. The van der Waals surface area contributed by atoms with Crippen molar-refractivity contribution in [1.29, 1.82) is 5.26 Å². The first-order valence-electron chi connectivity index (χ1n) is 15.6. The Kier molecular flexibility index (Phi) is 7.02. The van der Waals surface area contributed by atoms with Gasteiger partial charge in [0, 0.05) is 31.5 Å². The Morgan fingerprint density at radius 3 is 2.27 bits per heavy atom. The number of aromatic nitrogens is 4. The van der Waals surface area contributed by atoms with Crippen molar-refractivity contribution in [3.8, 4) is 28.5 Å². The summed E-state index contributed by atoms with van der Waals surface area (Å²) in [5.74, 6) is 0. The fourth-order valence-corrected chi connectivity index (χ4v) is 8.11. The molecule has 5 aromatic rings. The van der Waals surface area contributed by atoms with Crippen LogP contribution in [-0.4, -0.2) is 57.0 Å². The van der Waals surface area contributed by atoms with Crippen molar-refractivity contribution in [3.05, 3.63) is 76.3 Å². The summed E-state index contributed by atoms with van der Waals surface area (Å²) < 4.78 is 27.5. The maximum absolute atomic E-state index is 13.4. The molecule has 1 saturated carbocycles. The normalized spacial score (nSPS) is 17.3. The van der Waals surface area contributed by atoms with Gasteiger partial charge in [-0.25, -0.2) is 18.2 Å². The number of fused-ring (bicyclic) bond motifs is 3. The van der Waals surface area contributed by atoms with Crippen LogP contribution in [-0.2, 0) is 28.8 Å². The van der Waals surface area contributed by atoms with E-state index in [1.165, 1.54) is 11.8 Å². The largest absolute Gasteiger partial charge is 0.339 e. The van der Waals surface area contributed by atoms with Crippen LogP contribution in [0, 0.1) is 11.3 Å². The lowest BCUT2D eigenvalue weighted by Gasteiger charge is -2.31. The van der Waals surface area contributed by atoms with Gasteiger partial charge >= 0.3 is 5.69 Å². The summed E-state index contributed by atoms with van der Waals surface area (Å²) in [5.41, 5.74) is 8.01. The highest BCUT2D eigenvalue weighted by molar-refractivity contribution is 7.91. The maximum Gasteiger partial charge on any atom is 0.329 e. The van der Waals surface area contributed by atoms with Crippen LogP contribution in [0.3, 0.4) is 0 Å². The highest BCUT2D eigenvalue weighted by atomic mass is 32.2. The molecule has 2 aliphatic rings. The first-order valence-corrected chi connectivity index (χ1v) is 17.6. The zero-order valence-corrected chi connectivity index (χ0v) is 27.0. The molecule has 1 N–H and O–H groups in total. The molecule has 3 aromatic heterocycles. The molecule has 0 spiro atoms. The molecule has 0 amide bonds. The first-order chi connectivity index (χ1) is 21.5. The van der Waals surface area contributed by atoms with Crippen molar-refractivity contribution in [2.45, 2.75) is 62.8 Å². The summed E-state index contributed by atoms with van der Waals surface area (Å²) in [6, 6.07) is 19.3. The van der Waals surface area contributed by atoms with Crippen molar-refractivity contribution < 1.29 is 8.42 Å². The second-order valence-corrected chi connectivity index (χ2v) is 15.5. The van der Waals surface area contributed by atoms with Gasteiger partial charge in [-0.05, 0) is 74.9 Å². The average molecular weight is 623 g/mol. The van der Waals surface area contributed by atoms with E-state index in [1.54, 1.807) is 17.8 Å². The van der Waals surface area contributed by atoms with Crippen molar-refractivity contribution in [1.82, 2.24) is 24.0 Å². The van der Waals surface area contributed by atoms with E-state index in [9.17, 15) is 18.5 Å². The van der Waals surface area contributed by atoms with Crippen molar-refractivity contribution in [2.24, 2.45) is 7.05 Å². The molecule has 0 bridgehead atoms. The highest BCUT2D eigenvalue weighted by Gasteiger charge is 2.44. The van der Waals surface area contributed by atoms with E-state index < -0.39 is 9.84 Å². The lowest BCUT2D eigenvalue weighted by molar-refractivity contribution is 0.222. The first kappa shape index (κ1) is 29.5. The van der Waals surface area contributed by atoms with Crippen molar-refractivity contribution >= 4 is 31.9 Å². The molecule has 1 saturated heterocycles. The van der Waals surface area contributed by atoms with Crippen LogP contribution >= 0.6 is 0 Å². The molecule has 4 heterocycles. The summed E-state index contributed by atoms with van der Waals surface area (Å²) in [4.78, 5) is 24.1. The van der Waals surface area contributed by atoms with Gasteiger partial charge in [-0.15, -0.1) is 0 Å². The fraction of sp³-hybridized carbons (Fsp3) is 0.400. The van der Waals surface area contributed by atoms with Gasteiger partial charge in [-0.2, -0.15) is 5.26 Å². The molecule has 7 rings (SSSR count). The number of H-pyrrole nitrogens is 1. The minimum atomic E-state index is -3.00. The van der Waals surface area contributed by atoms with Gasteiger partial charge in [0.25, 0.3) is 0 Å². The number of benzene rings is 2. The molecule has 2 fully saturated rings. The minimum Gasteiger partial charge on any atom is -0.339 e. The molecule has 0 radical (unpaired) electrons. The van der Waals surface area contributed by atoms with Crippen molar-refractivity contribution in [2.75, 3.05) is 19.3 Å². The number of nitrogens with one attached hydrogen (secondary N) is 1. The molecule has 1 aliphatic carbocycles. The Bertz CT molecular complexity index is 2140. The van der Waals surface area contributed by atoms with Crippen LogP contribution in [0.4, 0.5) is 0 Å². The van der Waals surface area contributed by atoms with Crippen molar-refractivity contribution in [3.63, 3.8) is 0 Å². The van der Waals surface area contributed by atoms with Crippen LogP contribution in [0.15, 0.2) is 59.5 Å². The topological polar surface area (TPSA) is 117 Å². The van der Waals surface area contributed by atoms with Crippen LogP contribution < -0.4 is 5.69 Å². The fourth-order valence-electron chi connectivity index (χ4n) is 7.04. The van der Waals surface area contributed by atoms with Crippen LogP contribution in [0.25, 0.3) is 44.5 Å². The van der Waals surface area contributed by atoms with Crippen LogP contribution in [0.1, 0.15) is 56.7 Å². The minimum absolute atomic E-state index is 0.0486. The molecule has 10 heteroatoms. The predicted octanol–water partition coefficient (Wildman–Crippen LogP) is 5.70. The number of nitrogens with zero attached hydrogens (tertiary/aromatic N) is 5. The standard InChI is InChI=1S/C35H38N6O3S/c1-22(2)41-32-28(39(3)34(41)42)19-37-33-30(32)29(24-9-11-26(12-10-24)35(21-36)15-16-35)31(38-33)25-7-5-23(6-8-25)20-40-17-13-27(14-18-40)45(4,43)44/h5-12,19,22,27H,13-18,20H2,1-4H3,(H,37,38). The third-order valence-electron chi connectivity index (χ3n) is 9.87. The molecule has 9 nitrogen and oxygen atoms in total. The zero-order valence-electron chi connectivity index (χ0n) is 26.2. The van der Waals surface area contributed by atoms with E-state index in [4.69, 9.17) is 4.98 Å². The number of imidazole rings is 1. The Hall–Kier alpha value is -4.20. The number of aromatic amines is 1. The monoisotopic (exact) mass is 622 g/mol. The molecule has 0 unspecified atom stereocenters.